The third kappa shape index (κ3) is 1.72. The Morgan fingerprint density at radius 1 is 1.50 bits per heavy atom. The van der Waals surface area contributed by atoms with Gasteiger partial charge < -0.3 is 5.73 Å². The smallest absolute Gasteiger partial charge is 0.00745 e. The van der Waals surface area contributed by atoms with Crippen molar-refractivity contribution in [3.05, 3.63) is 0 Å². The second kappa shape index (κ2) is 3.97. The first kappa shape index (κ1) is 8.06. The zero-order chi connectivity index (χ0) is 7.40. The Bertz CT molecular complexity index is 86.7. The van der Waals surface area contributed by atoms with Crippen LogP contribution >= 0.6 is 0 Å². The lowest BCUT2D eigenvalue weighted by molar-refractivity contribution is 0.192. The molecule has 0 radical (unpaired) electrons. The molecule has 1 atom stereocenters. The van der Waals surface area contributed by atoms with Crippen molar-refractivity contribution in [3.8, 4) is 0 Å². The predicted molar refractivity (Wildman–Crippen MR) is 44.8 cm³/mol. The summed E-state index contributed by atoms with van der Waals surface area (Å²) < 4.78 is 0. The number of hydrogen-bond acceptors (Lipinski definition) is 1. The minimum Gasteiger partial charge on any atom is -0.330 e. The fourth-order valence-corrected chi connectivity index (χ4v) is 1.90. The lowest BCUT2D eigenvalue weighted by atomic mass is 9.73. The lowest BCUT2D eigenvalue weighted by Gasteiger charge is -2.33. The van der Waals surface area contributed by atoms with E-state index in [1.807, 2.05) is 0 Å². The fraction of sp³-hybridized carbons (Fsp3) is 1.00. The van der Waals surface area contributed by atoms with Crippen LogP contribution in [-0.4, -0.2) is 6.54 Å². The summed E-state index contributed by atoms with van der Waals surface area (Å²) in [5, 5.41) is 0. The van der Waals surface area contributed by atoms with Crippen LogP contribution in [0.25, 0.3) is 0 Å². The molecule has 1 unspecified atom stereocenters. The Morgan fingerprint density at radius 2 is 2.20 bits per heavy atom. The normalized spacial score (nSPS) is 22.2. The van der Waals surface area contributed by atoms with E-state index in [9.17, 15) is 0 Å². The van der Waals surface area contributed by atoms with Gasteiger partial charge in [0.1, 0.15) is 0 Å². The van der Waals surface area contributed by atoms with Gasteiger partial charge in [0.05, 0.1) is 0 Å². The van der Waals surface area contributed by atoms with E-state index in [1.165, 1.54) is 32.1 Å². The van der Waals surface area contributed by atoms with Gasteiger partial charge in [-0.05, 0) is 24.8 Å². The molecule has 1 heteroatoms. The lowest BCUT2D eigenvalue weighted by Crippen LogP contribution is -2.23. The highest BCUT2D eigenvalue weighted by atomic mass is 14.5. The highest BCUT2D eigenvalue weighted by molar-refractivity contribution is 4.76. The molecule has 0 saturated heterocycles. The van der Waals surface area contributed by atoms with Crippen LogP contribution in [0.2, 0.25) is 0 Å². The van der Waals surface area contributed by atoms with Gasteiger partial charge in [-0.1, -0.05) is 32.6 Å². The van der Waals surface area contributed by atoms with Crippen LogP contribution in [-0.2, 0) is 0 Å². The van der Waals surface area contributed by atoms with Crippen molar-refractivity contribution in [2.75, 3.05) is 6.54 Å². The van der Waals surface area contributed by atoms with Crippen molar-refractivity contribution in [1.82, 2.24) is 0 Å². The largest absolute Gasteiger partial charge is 0.330 e. The molecular formula is C9H19N. The van der Waals surface area contributed by atoms with Crippen LogP contribution < -0.4 is 5.73 Å². The molecule has 2 N–H and O–H groups in total. The van der Waals surface area contributed by atoms with E-state index < -0.39 is 0 Å². The molecule has 1 fully saturated rings. The van der Waals surface area contributed by atoms with Crippen LogP contribution in [0.5, 0.6) is 0 Å². The molecule has 1 saturated carbocycles. The SMILES string of the molecule is CCC(CCN)C1CCC1. The summed E-state index contributed by atoms with van der Waals surface area (Å²) in [4.78, 5) is 0. The topological polar surface area (TPSA) is 26.0 Å². The van der Waals surface area contributed by atoms with Crippen LogP contribution in [0.4, 0.5) is 0 Å². The number of nitrogens with two attached hydrogens (primary N) is 1. The molecule has 0 aromatic rings. The quantitative estimate of drug-likeness (QED) is 0.638. The Hall–Kier alpha value is -0.0400. The molecule has 1 aliphatic carbocycles. The van der Waals surface area contributed by atoms with E-state index in [0.29, 0.717) is 0 Å². The molecule has 0 aromatic heterocycles. The zero-order valence-electron chi connectivity index (χ0n) is 6.97. The van der Waals surface area contributed by atoms with E-state index in [4.69, 9.17) is 5.73 Å². The summed E-state index contributed by atoms with van der Waals surface area (Å²) in [5.74, 6) is 1.98. The van der Waals surface area contributed by atoms with Crippen molar-refractivity contribution in [3.63, 3.8) is 0 Å². The van der Waals surface area contributed by atoms with E-state index in [-0.39, 0.29) is 0 Å². The van der Waals surface area contributed by atoms with Crippen molar-refractivity contribution in [2.24, 2.45) is 17.6 Å². The van der Waals surface area contributed by atoms with Gasteiger partial charge in [-0.2, -0.15) is 0 Å². The average Bonchev–Trinajstić information content (AvgIpc) is 1.83. The zero-order valence-corrected chi connectivity index (χ0v) is 6.97. The van der Waals surface area contributed by atoms with E-state index in [2.05, 4.69) is 6.92 Å². The summed E-state index contributed by atoms with van der Waals surface area (Å²) in [6, 6.07) is 0. The van der Waals surface area contributed by atoms with Gasteiger partial charge in [0.25, 0.3) is 0 Å². The van der Waals surface area contributed by atoms with Gasteiger partial charge >= 0.3 is 0 Å². The standard InChI is InChI=1S/C9H19N/c1-2-8(6-7-10)9-4-3-5-9/h8-9H,2-7,10H2,1H3. The minimum absolute atomic E-state index is 0.884. The summed E-state index contributed by atoms with van der Waals surface area (Å²) in [5.41, 5.74) is 5.52. The molecule has 0 amide bonds. The first-order valence-electron chi connectivity index (χ1n) is 4.58. The van der Waals surface area contributed by atoms with Gasteiger partial charge in [0.2, 0.25) is 0 Å². The Morgan fingerprint density at radius 3 is 2.50 bits per heavy atom. The molecule has 1 rings (SSSR count). The van der Waals surface area contributed by atoms with Crippen LogP contribution in [0.15, 0.2) is 0 Å². The first-order chi connectivity index (χ1) is 4.88. The maximum absolute atomic E-state index is 5.52. The second-order valence-electron chi connectivity index (χ2n) is 3.44. The van der Waals surface area contributed by atoms with Gasteiger partial charge in [0, 0.05) is 0 Å². The highest BCUT2D eigenvalue weighted by Crippen LogP contribution is 2.36. The van der Waals surface area contributed by atoms with Crippen molar-refractivity contribution in [1.29, 1.82) is 0 Å². The molecule has 60 valence electrons. The van der Waals surface area contributed by atoms with E-state index in [1.54, 1.807) is 0 Å². The fourth-order valence-electron chi connectivity index (χ4n) is 1.90. The first-order valence-corrected chi connectivity index (χ1v) is 4.58. The third-order valence-corrected chi connectivity index (χ3v) is 2.88. The Balaban J connectivity index is 2.17. The molecule has 1 aliphatic rings. The predicted octanol–water partition coefficient (Wildman–Crippen LogP) is 2.16. The molecule has 0 spiro atoms. The molecule has 0 bridgehead atoms. The monoisotopic (exact) mass is 141 g/mol. The van der Waals surface area contributed by atoms with Gasteiger partial charge in [-0.25, -0.2) is 0 Å². The van der Waals surface area contributed by atoms with Crippen molar-refractivity contribution in [2.45, 2.75) is 39.0 Å². The van der Waals surface area contributed by atoms with E-state index in [0.717, 1.165) is 18.4 Å². The highest BCUT2D eigenvalue weighted by Gasteiger charge is 2.24. The summed E-state index contributed by atoms with van der Waals surface area (Å²) in [6.07, 6.45) is 6.99. The minimum atomic E-state index is 0.884. The molecule has 0 aliphatic heterocycles. The Kier molecular flexibility index (Phi) is 3.20. The summed E-state index contributed by atoms with van der Waals surface area (Å²) in [6.45, 7) is 3.17. The molecule has 0 heterocycles. The second-order valence-corrected chi connectivity index (χ2v) is 3.44. The average molecular weight is 141 g/mol. The van der Waals surface area contributed by atoms with Crippen molar-refractivity contribution >= 4 is 0 Å². The number of rotatable bonds is 4. The summed E-state index contributed by atoms with van der Waals surface area (Å²) >= 11 is 0. The third-order valence-electron chi connectivity index (χ3n) is 2.88. The van der Waals surface area contributed by atoms with Gasteiger partial charge in [-0.15, -0.1) is 0 Å². The number of hydrogen-bond donors (Lipinski definition) is 1. The maximum Gasteiger partial charge on any atom is -0.00745 e. The molecule has 1 nitrogen and oxygen atoms in total. The molecule has 0 aromatic carbocycles. The van der Waals surface area contributed by atoms with Crippen LogP contribution in [0.1, 0.15) is 39.0 Å². The van der Waals surface area contributed by atoms with Crippen LogP contribution in [0, 0.1) is 11.8 Å². The van der Waals surface area contributed by atoms with Gasteiger partial charge in [0.15, 0.2) is 0 Å². The summed E-state index contributed by atoms with van der Waals surface area (Å²) in [7, 11) is 0. The maximum atomic E-state index is 5.52. The van der Waals surface area contributed by atoms with E-state index >= 15 is 0 Å². The molecular weight excluding hydrogens is 122 g/mol. The Labute approximate surface area is 64.0 Å². The van der Waals surface area contributed by atoms with Crippen molar-refractivity contribution < 1.29 is 0 Å². The molecule has 10 heavy (non-hydrogen) atoms. The van der Waals surface area contributed by atoms with Crippen LogP contribution in [0.3, 0.4) is 0 Å². The van der Waals surface area contributed by atoms with Gasteiger partial charge in [-0.3, -0.25) is 0 Å².